The maximum atomic E-state index is 12.0. The summed E-state index contributed by atoms with van der Waals surface area (Å²) in [4.78, 5) is 12.0. The molecule has 1 heterocycles. The van der Waals surface area contributed by atoms with Gasteiger partial charge >= 0.3 is 0 Å². The Bertz CT molecular complexity index is 491. The molecule has 0 saturated heterocycles. The number of anilines is 1. The van der Waals surface area contributed by atoms with Crippen molar-refractivity contribution in [1.29, 1.82) is 0 Å². The maximum absolute atomic E-state index is 12.0. The van der Waals surface area contributed by atoms with E-state index in [4.69, 9.17) is 0 Å². The van der Waals surface area contributed by atoms with Crippen molar-refractivity contribution < 1.29 is 4.79 Å². The Kier molecular flexibility index (Phi) is 3.45. The molecule has 0 fully saturated rings. The first-order chi connectivity index (χ1) is 8.31. The smallest absolute Gasteiger partial charge is 0.272 e. The third-order valence-corrected chi connectivity index (χ3v) is 2.37. The standard InChI is InChI=1S/C13H15N3O/c1-2-14-12-8-4-3-7-11(12)13(17)15-16-9-5-6-10-16/h3-10,14H,2H2,1H3,(H,15,17). The molecule has 0 aliphatic carbocycles. The lowest BCUT2D eigenvalue weighted by molar-refractivity contribution is 0.101. The van der Waals surface area contributed by atoms with Crippen LogP contribution in [0.5, 0.6) is 0 Å². The fourth-order valence-electron chi connectivity index (χ4n) is 1.61. The summed E-state index contributed by atoms with van der Waals surface area (Å²) in [6.07, 6.45) is 3.57. The van der Waals surface area contributed by atoms with E-state index in [0.29, 0.717) is 5.56 Å². The van der Waals surface area contributed by atoms with E-state index in [1.807, 2.05) is 37.3 Å². The third-order valence-electron chi connectivity index (χ3n) is 2.37. The fraction of sp³-hybridized carbons (Fsp3) is 0.154. The molecule has 4 nitrogen and oxygen atoms in total. The van der Waals surface area contributed by atoms with Gasteiger partial charge < -0.3 is 5.32 Å². The molecular formula is C13H15N3O. The molecule has 0 aliphatic rings. The second-order valence-electron chi connectivity index (χ2n) is 3.61. The Morgan fingerprint density at radius 2 is 1.88 bits per heavy atom. The van der Waals surface area contributed by atoms with Crippen molar-refractivity contribution in [2.75, 3.05) is 17.3 Å². The fourth-order valence-corrected chi connectivity index (χ4v) is 1.61. The number of hydrogen-bond acceptors (Lipinski definition) is 2. The van der Waals surface area contributed by atoms with Crippen LogP contribution in [0.15, 0.2) is 48.8 Å². The number of benzene rings is 1. The Morgan fingerprint density at radius 1 is 1.18 bits per heavy atom. The molecule has 17 heavy (non-hydrogen) atoms. The second kappa shape index (κ2) is 5.21. The molecule has 0 saturated carbocycles. The molecule has 2 N–H and O–H groups in total. The van der Waals surface area contributed by atoms with Crippen molar-refractivity contribution in [3.05, 3.63) is 54.4 Å². The number of carbonyl (C=O) groups is 1. The van der Waals surface area contributed by atoms with Gasteiger partial charge in [-0.05, 0) is 31.2 Å². The zero-order valence-electron chi connectivity index (χ0n) is 9.68. The van der Waals surface area contributed by atoms with Crippen LogP contribution in [0.2, 0.25) is 0 Å². The van der Waals surface area contributed by atoms with E-state index in [1.165, 1.54) is 0 Å². The number of aromatic nitrogens is 1. The van der Waals surface area contributed by atoms with Gasteiger partial charge in [-0.3, -0.25) is 14.9 Å². The largest absolute Gasteiger partial charge is 0.385 e. The molecule has 0 spiro atoms. The van der Waals surface area contributed by atoms with Crippen molar-refractivity contribution >= 4 is 11.6 Å². The molecule has 1 aromatic carbocycles. The molecule has 1 amide bonds. The van der Waals surface area contributed by atoms with E-state index in [9.17, 15) is 4.79 Å². The van der Waals surface area contributed by atoms with Gasteiger partial charge in [-0.15, -0.1) is 0 Å². The van der Waals surface area contributed by atoms with E-state index >= 15 is 0 Å². The average molecular weight is 229 g/mol. The zero-order valence-corrected chi connectivity index (χ0v) is 9.68. The predicted molar refractivity (Wildman–Crippen MR) is 68.7 cm³/mol. The van der Waals surface area contributed by atoms with E-state index in [-0.39, 0.29) is 5.91 Å². The normalized spacial score (nSPS) is 9.94. The number of rotatable bonds is 4. The average Bonchev–Trinajstić information content (AvgIpc) is 2.83. The summed E-state index contributed by atoms with van der Waals surface area (Å²) in [5.41, 5.74) is 4.26. The van der Waals surface area contributed by atoms with E-state index in [0.717, 1.165) is 12.2 Å². The molecule has 0 radical (unpaired) electrons. The molecule has 0 atom stereocenters. The first-order valence-electron chi connectivity index (χ1n) is 5.58. The van der Waals surface area contributed by atoms with Crippen LogP contribution < -0.4 is 10.7 Å². The highest BCUT2D eigenvalue weighted by Crippen LogP contribution is 2.14. The summed E-state index contributed by atoms with van der Waals surface area (Å²) >= 11 is 0. The quantitative estimate of drug-likeness (QED) is 0.845. The number of nitrogens with zero attached hydrogens (tertiary/aromatic N) is 1. The highest BCUT2D eigenvalue weighted by atomic mass is 16.2. The molecule has 1 aromatic heterocycles. The van der Waals surface area contributed by atoms with Crippen LogP contribution in [0, 0.1) is 0 Å². The van der Waals surface area contributed by atoms with Gasteiger partial charge in [-0.1, -0.05) is 12.1 Å². The Labute approximate surface area is 100 Å². The molecule has 0 unspecified atom stereocenters. The minimum Gasteiger partial charge on any atom is -0.385 e. The van der Waals surface area contributed by atoms with Crippen LogP contribution in [-0.2, 0) is 0 Å². The van der Waals surface area contributed by atoms with Gasteiger partial charge in [0.05, 0.1) is 5.56 Å². The number of carbonyl (C=O) groups excluding carboxylic acids is 1. The number of hydrogen-bond donors (Lipinski definition) is 2. The highest BCUT2D eigenvalue weighted by Gasteiger charge is 2.09. The summed E-state index contributed by atoms with van der Waals surface area (Å²) in [7, 11) is 0. The van der Waals surface area contributed by atoms with Gasteiger partial charge in [0.1, 0.15) is 0 Å². The van der Waals surface area contributed by atoms with Gasteiger partial charge in [0, 0.05) is 24.6 Å². The monoisotopic (exact) mass is 229 g/mol. The Morgan fingerprint density at radius 3 is 2.59 bits per heavy atom. The van der Waals surface area contributed by atoms with Crippen LogP contribution in [0.3, 0.4) is 0 Å². The molecule has 0 aliphatic heterocycles. The van der Waals surface area contributed by atoms with Crippen molar-refractivity contribution in [3.63, 3.8) is 0 Å². The predicted octanol–water partition coefficient (Wildman–Crippen LogP) is 2.30. The van der Waals surface area contributed by atoms with Crippen molar-refractivity contribution in [1.82, 2.24) is 4.68 Å². The lowest BCUT2D eigenvalue weighted by Gasteiger charge is -2.11. The molecule has 4 heteroatoms. The van der Waals surface area contributed by atoms with Gasteiger partial charge in [-0.2, -0.15) is 0 Å². The maximum Gasteiger partial charge on any atom is 0.272 e. The number of amides is 1. The zero-order chi connectivity index (χ0) is 12.1. The summed E-state index contributed by atoms with van der Waals surface area (Å²) < 4.78 is 1.63. The molecule has 2 rings (SSSR count). The summed E-state index contributed by atoms with van der Waals surface area (Å²) in [5.74, 6) is -0.127. The van der Waals surface area contributed by atoms with Gasteiger partial charge in [0.25, 0.3) is 5.91 Å². The third kappa shape index (κ3) is 2.66. The lowest BCUT2D eigenvalue weighted by Crippen LogP contribution is -2.22. The van der Waals surface area contributed by atoms with Gasteiger partial charge in [0.15, 0.2) is 0 Å². The number of nitrogens with one attached hydrogen (secondary N) is 2. The first kappa shape index (κ1) is 11.3. The second-order valence-corrected chi connectivity index (χ2v) is 3.61. The molecule has 88 valence electrons. The highest BCUT2D eigenvalue weighted by molar-refractivity contribution is 6.04. The van der Waals surface area contributed by atoms with Crippen LogP contribution in [0.4, 0.5) is 5.69 Å². The summed E-state index contributed by atoms with van der Waals surface area (Å²) in [5, 5.41) is 3.17. The van der Waals surface area contributed by atoms with Crippen LogP contribution >= 0.6 is 0 Å². The first-order valence-corrected chi connectivity index (χ1v) is 5.58. The molecule has 0 bridgehead atoms. The minimum absolute atomic E-state index is 0.127. The Hall–Kier alpha value is -2.23. The summed E-state index contributed by atoms with van der Waals surface area (Å²) in [6, 6.07) is 11.2. The van der Waals surface area contributed by atoms with E-state index < -0.39 is 0 Å². The Balaban J connectivity index is 2.18. The topological polar surface area (TPSA) is 46.1 Å². The van der Waals surface area contributed by atoms with Gasteiger partial charge in [-0.25, -0.2) is 0 Å². The minimum atomic E-state index is -0.127. The van der Waals surface area contributed by atoms with Crippen LogP contribution in [0.1, 0.15) is 17.3 Å². The number of para-hydroxylation sites is 1. The van der Waals surface area contributed by atoms with Crippen LogP contribution in [0.25, 0.3) is 0 Å². The molecular weight excluding hydrogens is 214 g/mol. The van der Waals surface area contributed by atoms with Crippen molar-refractivity contribution in [3.8, 4) is 0 Å². The molecule has 2 aromatic rings. The van der Waals surface area contributed by atoms with Crippen molar-refractivity contribution in [2.24, 2.45) is 0 Å². The SMILES string of the molecule is CCNc1ccccc1C(=O)Nn1cccc1. The lowest BCUT2D eigenvalue weighted by atomic mass is 10.1. The van der Waals surface area contributed by atoms with E-state index in [1.54, 1.807) is 23.1 Å². The van der Waals surface area contributed by atoms with Gasteiger partial charge in [0.2, 0.25) is 0 Å². The summed E-state index contributed by atoms with van der Waals surface area (Å²) in [6.45, 7) is 2.79. The van der Waals surface area contributed by atoms with Crippen molar-refractivity contribution in [2.45, 2.75) is 6.92 Å². The van der Waals surface area contributed by atoms with E-state index in [2.05, 4.69) is 10.7 Å². The van der Waals surface area contributed by atoms with Crippen LogP contribution in [-0.4, -0.2) is 17.1 Å².